The van der Waals surface area contributed by atoms with Crippen LogP contribution in [0.25, 0.3) is 0 Å². The maximum absolute atomic E-state index is 12.5. The maximum Gasteiger partial charge on any atom is 0.251 e. The highest BCUT2D eigenvalue weighted by molar-refractivity contribution is 7.92. The van der Waals surface area contributed by atoms with Crippen LogP contribution in [0.3, 0.4) is 0 Å². The van der Waals surface area contributed by atoms with Gasteiger partial charge in [-0.2, -0.15) is 0 Å². The molecule has 0 spiro atoms. The third-order valence-electron chi connectivity index (χ3n) is 4.74. The number of sulfonamides is 1. The molecule has 0 radical (unpaired) electrons. The third-order valence-corrected chi connectivity index (χ3v) is 5.88. The number of carbonyl (C=O) groups excluding carboxylic acids is 1. The zero-order chi connectivity index (χ0) is 23.1. The van der Waals surface area contributed by atoms with Gasteiger partial charge in [0, 0.05) is 12.1 Å². The van der Waals surface area contributed by atoms with Crippen LogP contribution in [0.15, 0.2) is 78.9 Å². The van der Waals surface area contributed by atoms with E-state index in [9.17, 15) is 13.2 Å². The number of anilines is 1. The van der Waals surface area contributed by atoms with E-state index >= 15 is 0 Å². The van der Waals surface area contributed by atoms with Gasteiger partial charge in [-0.25, -0.2) is 8.42 Å². The summed E-state index contributed by atoms with van der Waals surface area (Å²) in [4.78, 5) is 12.5. The maximum atomic E-state index is 12.5. The highest BCUT2D eigenvalue weighted by Crippen LogP contribution is 2.20. The van der Waals surface area contributed by atoms with Crippen molar-refractivity contribution in [2.75, 3.05) is 10.6 Å². The van der Waals surface area contributed by atoms with E-state index in [1.807, 2.05) is 44.2 Å². The van der Waals surface area contributed by atoms with Crippen molar-refractivity contribution < 1.29 is 17.9 Å². The summed E-state index contributed by atoms with van der Waals surface area (Å²) in [6.45, 7) is 4.54. The van der Waals surface area contributed by atoms with Crippen molar-refractivity contribution in [3.8, 4) is 5.75 Å². The Balaban J connectivity index is 1.61. The molecule has 7 heteroatoms. The molecule has 1 N–H and O–H groups in total. The Bertz CT molecular complexity index is 1130. The smallest absolute Gasteiger partial charge is 0.251 e. The molecule has 0 aliphatic carbocycles. The van der Waals surface area contributed by atoms with E-state index in [4.69, 9.17) is 4.74 Å². The molecule has 0 saturated heterocycles. The number of amides is 1. The molecular formula is C25H28N2O4S. The summed E-state index contributed by atoms with van der Waals surface area (Å²) in [6.07, 6.45) is 1.30. The third kappa shape index (κ3) is 6.59. The summed E-state index contributed by atoms with van der Waals surface area (Å²) < 4.78 is 31.5. The Morgan fingerprint density at radius 2 is 1.50 bits per heavy atom. The van der Waals surface area contributed by atoms with Gasteiger partial charge in [0.15, 0.2) is 0 Å². The number of ether oxygens (including phenoxy) is 1. The van der Waals surface area contributed by atoms with Crippen LogP contribution in [-0.4, -0.2) is 26.7 Å². The molecular weight excluding hydrogens is 424 g/mol. The van der Waals surface area contributed by atoms with Gasteiger partial charge >= 0.3 is 0 Å². The molecule has 32 heavy (non-hydrogen) atoms. The Labute approximate surface area is 189 Å². The predicted octanol–water partition coefficient (Wildman–Crippen LogP) is 4.37. The summed E-state index contributed by atoms with van der Waals surface area (Å²) in [5.74, 6) is 0.603. The van der Waals surface area contributed by atoms with Crippen LogP contribution in [0.5, 0.6) is 5.75 Å². The molecule has 1 amide bonds. The first-order valence-corrected chi connectivity index (χ1v) is 12.2. The van der Waals surface area contributed by atoms with E-state index in [1.54, 1.807) is 48.5 Å². The summed E-state index contributed by atoms with van der Waals surface area (Å²) in [6, 6.07) is 23.5. The lowest BCUT2D eigenvalue weighted by Crippen LogP contribution is -2.29. The van der Waals surface area contributed by atoms with Crippen molar-refractivity contribution >= 4 is 21.6 Å². The lowest BCUT2D eigenvalue weighted by Gasteiger charge is -2.22. The van der Waals surface area contributed by atoms with Crippen LogP contribution < -0.4 is 14.4 Å². The first-order valence-electron chi connectivity index (χ1n) is 10.4. The molecule has 0 unspecified atom stereocenters. The number of rotatable bonds is 9. The molecule has 0 fully saturated rings. The highest BCUT2D eigenvalue weighted by Gasteiger charge is 2.17. The molecule has 0 aromatic heterocycles. The van der Waals surface area contributed by atoms with Crippen molar-refractivity contribution in [3.63, 3.8) is 0 Å². The Hall–Kier alpha value is -3.32. The summed E-state index contributed by atoms with van der Waals surface area (Å²) in [5.41, 5.74) is 2.87. The number of carbonyl (C=O) groups is 1. The van der Waals surface area contributed by atoms with Gasteiger partial charge in [-0.05, 0) is 61.4 Å². The van der Waals surface area contributed by atoms with Crippen LogP contribution in [-0.2, 0) is 23.1 Å². The minimum Gasteiger partial charge on any atom is -0.491 e. The van der Waals surface area contributed by atoms with E-state index < -0.39 is 10.0 Å². The van der Waals surface area contributed by atoms with Crippen LogP contribution in [0.1, 0.15) is 35.3 Å². The van der Waals surface area contributed by atoms with Gasteiger partial charge in [-0.1, -0.05) is 42.5 Å². The number of hydrogen-bond donors (Lipinski definition) is 1. The number of benzene rings is 3. The van der Waals surface area contributed by atoms with E-state index in [0.29, 0.717) is 17.8 Å². The van der Waals surface area contributed by atoms with Crippen molar-refractivity contribution in [3.05, 3.63) is 95.6 Å². The number of para-hydroxylation sites is 1. The quantitative estimate of drug-likeness (QED) is 0.523. The number of nitrogens with zero attached hydrogens (tertiary/aromatic N) is 1. The molecule has 6 nitrogen and oxygen atoms in total. The largest absolute Gasteiger partial charge is 0.491 e. The van der Waals surface area contributed by atoms with Gasteiger partial charge in [0.05, 0.1) is 24.6 Å². The van der Waals surface area contributed by atoms with Gasteiger partial charge in [0.1, 0.15) is 5.75 Å². The van der Waals surface area contributed by atoms with Gasteiger partial charge in [0.2, 0.25) is 10.0 Å². The molecule has 3 aromatic rings. The number of nitrogens with one attached hydrogen (secondary N) is 1. The van der Waals surface area contributed by atoms with Crippen LogP contribution in [0.4, 0.5) is 5.69 Å². The Morgan fingerprint density at radius 3 is 2.06 bits per heavy atom. The van der Waals surface area contributed by atoms with Gasteiger partial charge in [-0.15, -0.1) is 0 Å². The second-order valence-corrected chi connectivity index (χ2v) is 9.70. The standard InChI is InChI=1S/C25H28N2O4S/c1-19(2)31-24-15-11-20(12-16-24)17-26-25(28)22-13-9-21(10-14-22)18-27(32(3,29)30)23-7-5-4-6-8-23/h4-16,19H,17-18H2,1-3H3,(H,26,28). The van der Waals surface area contributed by atoms with Crippen molar-refractivity contribution in [2.45, 2.75) is 33.0 Å². The molecule has 0 atom stereocenters. The SMILES string of the molecule is CC(C)Oc1ccc(CNC(=O)c2ccc(CN(c3ccccc3)S(C)(=O)=O)cc2)cc1. The molecule has 0 aliphatic rings. The lowest BCUT2D eigenvalue weighted by molar-refractivity contribution is 0.0951. The normalized spacial score (nSPS) is 11.2. The Morgan fingerprint density at radius 1 is 0.906 bits per heavy atom. The second-order valence-electron chi connectivity index (χ2n) is 7.80. The fraction of sp³-hybridized carbons (Fsp3) is 0.240. The molecule has 3 rings (SSSR count). The summed E-state index contributed by atoms with van der Waals surface area (Å²) >= 11 is 0. The molecule has 168 valence electrons. The van der Waals surface area contributed by atoms with Crippen LogP contribution in [0, 0.1) is 0 Å². The first-order chi connectivity index (χ1) is 15.2. The van der Waals surface area contributed by atoms with E-state index in [1.165, 1.54) is 10.6 Å². The van der Waals surface area contributed by atoms with Crippen molar-refractivity contribution in [1.29, 1.82) is 0 Å². The van der Waals surface area contributed by atoms with E-state index in [0.717, 1.165) is 16.9 Å². The van der Waals surface area contributed by atoms with Gasteiger partial charge in [0.25, 0.3) is 5.91 Å². The minimum atomic E-state index is -3.45. The summed E-state index contributed by atoms with van der Waals surface area (Å²) in [5, 5.41) is 2.90. The van der Waals surface area contributed by atoms with Crippen LogP contribution >= 0.6 is 0 Å². The fourth-order valence-electron chi connectivity index (χ4n) is 3.16. The van der Waals surface area contributed by atoms with Crippen LogP contribution in [0.2, 0.25) is 0 Å². The molecule has 0 heterocycles. The number of hydrogen-bond acceptors (Lipinski definition) is 4. The van der Waals surface area contributed by atoms with Gasteiger partial charge in [-0.3, -0.25) is 9.10 Å². The molecule has 0 saturated carbocycles. The van der Waals surface area contributed by atoms with Crippen molar-refractivity contribution in [2.24, 2.45) is 0 Å². The average Bonchev–Trinajstić information content (AvgIpc) is 2.76. The molecule has 0 aliphatic heterocycles. The average molecular weight is 453 g/mol. The topological polar surface area (TPSA) is 75.7 Å². The first kappa shape index (κ1) is 23.3. The fourth-order valence-corrected chi connectivity index (χ4v) is 4.05. The van der Waals surface area contributed by atoms with Crippen molar-refractivity contribution in [1.82, 2.24) is 5.32 Å². The molecule has 3 aromatic carbocycles. The summed E-state index contributed by atoms with van der Waals surface area (Å²) in [7, 11) is -3.45. The minimum absolute atomic E-state index is 0.112. The zero-order valence-electron chi connectivity index (χ0n) is 18.5. The van der Waals surface area contributed by atoms with E-state index in [2.05, 4.69) is 5.32 Å². The van der Waals surface area contributed by atoms with Gasteiger partial charge < -0.3 is 10.1 Å². The molecule has 0 bridgehead atoms. The predicted molar refractivity (Wildman–Crippen MR) is 127 cm³/mol. The lowest BCUT2D eigenvalue weighted by atomic mass is 10.1. The monoisotopic (exact) mass is 452 g/mol. The zero-order valence-corrected chi connectivity index (χ0v) is 19.3. The Kier molecular flexibility index (Phi) is 7.53. The second kappa shape index (κ2) is 10.3. The highest BCUT2D eigenvalue weighted by atomic mass is 32.2. The van der Waals surface area contributed by atoms with E-state index in [-0.39, 0.29) is 18.6 Å².